The molecular weight excluding hydrogens is 242 g/mol. The highest BCUT2D eigenvalue weighted by Gasteiger charge is 1.98. The monoisotopic (exact) mass is 269 g/mol. The summed E-state index contributed by atoms with van der Waals surface area (Å²) in [5.41, 5.74) is 1.18. The van der Waals surface area contributed by atoms with Gasteiger partial charge in [0.05, 0.1) is 0 Å². The number of nitrogens with zero attached hydrogens (tertiary/aromatic N) is 1. The summed E-state index contributed by atoms with van der Waals surface area (Å²) >= 11 is 5.53. The summed E-state index contributed by atoms with van der Waals surface area (Å²) in [4.78, 5) is 2.54. The van der Waals surface area contributed by atoms with Crippen molar-refractivity contribution < 1.29 is 0 Å². The fraction of sp³-hybridized carbons (Fsp3) is 0.625. The first-order chi connectivity index (χ1) is 8.78. The molecule has 0 aliphatic carbocycles. The third kappa shape index (κ3) is 9.49. The standard InChI is InChI=1S/C9H21N.C7H7Cl/c1-4-7-10(8-5-2)9-6-3;8-6-7-4-2-1-3-5-7/h4-9H2,1-3H3;1-5H,6H2. The average molecular weight is 270 g/mol. The average Bonchev–Trinajstić information content (AvgIpc) is 2.41. The first-order valence-corrected chi connectivity index (χ1v) is 7.64. The quantitative estimate of drug-likeness (QED) is 0.634. The lowest BCUT2D eigenvalue weighted by Crippen LogP contribution is -2.25. The SMILES string of the molecule is CCCN(CCC)CCC.ClCc1ccccc1. The van der Waals surface area contributed by atoms with Gasteiger partial charge in [0.25, 0.3) is 0 Å². The number of halogens is 1. The molecule has 0 atom stereocenters. The zero-order chi connectivity index (χ0) is 13.6. The van der Waals surface area contributed by atoms with Crippen molar-refractivity contribution in [2.45, 2.75) is 45.9 Å². The summed E-state index contributed by atoms with van der Waals surface area (Å²) in [6.07, 6.45) is 3.88. The summed E-state index contributed by atoms with van der Waals surface area (Å²) < 4.78 is 0. The summed E-state index contributed by atoms with van der Waals surface area (Å²) in [6, 6.07) is 9.96. The maximum absolute atomic E-state index is 5.53. The van der Waals surface area contributed by atoms with Crippen LogP contribution < -0.4 is 0 Å². The highest BCUT2D eigenvalue weighted by Crippen LogP contribution is 2.00. The molecular formula is C16H28ClN. The molecule has 0 radical (unpaired) electrons. The lowest BCUT2D eigenvalue weighted by molar-refractivity contribution is 0.275. The zero-order valence-electron chi connectivity index (χ0n) is 12.2. The molecule has 0 aromatic heterocycles. The Morgan fingerprint density at radius 2 is 1.28 bits per heavy atom. The van der Waals surface area contributed by atoms with E-state index >= 15 is 0 Å². The van der Waals surface area contributed by atoms with Crippen LogP contribution >= 0.6 is 11.6 Å². The molecule has 0 bridgehead atoms. The van der Waals surface area contributed by atoms with E-state index in [0.717, 1.165) is 0 Å². The fourth-order valence-electron chi connectivity index (χ4n) is 1.85. The molecule has 0 aliphatic heterocycles. The van der Waals surface area contributed by atoms with Gasteiger partial charge in [-0.05, 0) is 44.5 Å². The van der Waals surface area contributed by atoms with E-state index in [9.17, 15) is 0 Å². The third-order valence-electron chi connectivity index (χ3n) is 2.62. The predicted octanol–water partition coefficient (Wildman–Crippen LogP) is 4.94. The van der Waals surface area contributed by atoms with Gasteiger partial charge < -0.3 is 4.90 Å². The molecule has 1 aromatic carbocycles. The molecule has 0 amide bonds. The highest BCUT2D eigenvalue weighted by molar-refractivity contribution is 6.17. The van der Waals surface area contributed by atoms with Crippen LogP contribution in [0.5, 0.6) is 0 Å². The van der Waals surface area contributed by atoms with Crippen molar-refractivity contribution in [1.29, 1.82) is 0 Å². The Bertz CT molecular complexity index is 247. The number of benzene rings is 1. The Balaban J connectivity index is 0.000000327. The largest absolute Gasteiger partial charge is 0.303 e. The van der Waals surface area contributed by atoms with Crippen molar-refractivity contribution in [3.8, 4) is 0 Å². The molecule has 0 heterocycles. The summed E-state index contributed by atoms with van der Waals surface area (Å²) in [7, 11) is 0. The van der Waals surface area contributed by atoms with E-state index in [0.29, 0.717) is 5.88 Å². The second kappa shape index (κ2) is 12.9. The molecule has 1 aromatic rings. The Morgan fingerprint density at radius 1 is 0.833 bits per heavy atom. The topological polar surface area (TPSA) is 3.24 Å². The van der Waals surface area contributed by atoms with Crippen LogP contribution in [-0.4, -0.2) is 24.5 Å². The molecule has 0 unspecified atom stereocenters. The number of rotatable bonds is 7. The van der Waals surface area contributed by atoms with Crippen LogP contribution in [0.25, 0.3) is 0 Å². The Hall–Kier alpha value is -0.530. The smallest absolute Gasteiger partial charge is 0.0474 e. The minimum atomic E-state index is 0.612. The molecule has 2 heteroatoms. The molecule has 0 N–H and O–H groups in total. The van der Waals surface area contributed by atoms with Crippen LogP contribution in [0.4, 0.5) is 0 Å². The van der Waals surface area contributed by atoms with E-state index in [1.807, 2.05) is 30.3 Å². The molecule has 18 heavy (non-hydrogen) atoms. The molecule has 0 fully saturated rings. The highest BCUT2D eigenvalue weighted by atomic mass is 35.5. The normalized spacial score (nSPS) is 10.1. The Kier molecular flexibility index (Phi) is 12.5. The zero-order valence-corrected chi connectivity index (χ0v) is 12.9. The van der Waals surface area contributed by atoms with E-state index in [1.54, 1.807) is 0 Å². The fourth-order valence-corrected chi connectivity index (χ4v) is 2.03. The van der Waals surface area contributed by atoms with Crippen LogP contribution in [0.1, 0.15) is 45.6 Å². The molecule has 0 saturated heterocycles. The molecule has 104 valence electrons. The van der Waals surface area contributed by atoms with Gasteiger partial charge in [-0.25, -0.2) is 0 Å². The van der Waals surface area contributed by atoms with Gasteiger partial charge in [0.1, 0.15) is 0 Å². The van der Waals surface area contributed by atoms with Crippen molar-refractivity contribution in [3.05, 3.63) is 35.9 Å². The lowest BCUT2D eigenvalue weighted by Gasteiger charge is -2.19. The molecule has 1 nitrogen and oxygen atoms in total. The van der Waals surface area contributed by atoms with Gasteiger partial charge in [-0.3, -0.25) is 0 Å². The van der Waals surface area contributed by atoms with E-state index in [4.69, 9.17) is 11.6 Å². The first-order valence-electron chi connectivity index (χ1n) is 7.10. The van der Waals surface area contributed by atoms with Crippen molar-refractivity contribution in [3.63, 3.8) is 0 Å². The second-order valence-electron chi connectivity index (χ2n) is 4.46. The van der Waals surface area contributed by atoms with E-state index in [-0.39, 0.29) is 0 Å². The minimum absolute atomic E-state index is 0.612. The van der Waals surface area contributed by atoms with Gasteiger partial charge in [-0.15, -0.1) is 11.6 Å². The van der Waals surface area contributed by atoms with Gasteiger partial charge in [-0.1, -0.05) is 51.1 Å². The summed E-state index contributed by atoms with van der Waals surface area (Å²) in [5, 5.41) is 0. The maximum atomic E-state index is 5.53. The number of alkyl halides is 1. The Labute approximate surface area is 118 Å². The predicted molar refractivity (Wildman–Crippen MR) is 83.3 cm³/mol. The molecule has 0 aliphatic rings. The minimum Gasteiger partial charge on any atom is -0.303 e. The molecule has 0 spiro atoms. The van der Waals surface area contributed by atoms with Crippen LogP contribution in [-0.2, 0) is 5.88 Å². The van der Waals surface area contributed by atoms with Gasteiger partial charge in [0.2, 0.25) is 0 Å². The lowest BCUT2D eigenvalue weighted by atomic mass is 10.2. The van der Waals surface area contributed by atoms with Gasteiger partial charge >= 0.3 is 0 Å². The summed E-state index contributed by atoms with van der Waals surface area (Å²) in [6.45, 7) is 10.6. The van der Waals surface area contributed by atoms with Crippen LogP contribution in [0.3, 0.4) is 0 Å². The van der Waals surface area contributed by atoms with Crippen molar-refractivity contribution >= 4 is 11.6 Å². The van der Waals surface area contributed by atoms with Crippen LogP contribution in [0.15, 0.2) is 30.3 Å². The van der Waals surface area contributed by atoms with Crippen LogP contribution in [0, 0.1) is 0 Å². The first kappa shape index (κ1) is 17.5. The van der Waals surface area contributed by atoms with Crippen molar-refractivity contribution in [2.75, 3.05) is 19.6 Å². The van der Waals surface area contributed by atoms with Crippen LogP contribution in [0.2, 0.25) is 0 Å². The van der Waals surface area contributed by atoms with Crippen molar-refractivity contribution in [1.82, 2.24) is 4.90 Å². The van der Waals surface area contributed by atoms with E-state index in [2.05, 4.69) is 25.7 Å². The third-order valence-corrected chi connectivity index (χ3v) is 2.93. The Morgan fingerprint density at radius 3 is 1.56 bits per heavy atom. The number of hydrogen-bond donors (Lipinski definition) is 0. The maximum Gasteiger partial charge on any atom is 0.0474 e. The van der Waals surface area contributed by atoms with Gasteiger partial charge in [0, 0.05) is 5.88 Å². The molecule has 1 rings (SSSR count). The van der Waals surface area contributed by atoms with E-state index in [1.165, 1.54) is 44.5 Å². The van der Waals surface area contributed by atoms with E-state index < -0.39 is 0 Å². The molecule has 0 saturated carbocycles. The second-order valence-corrected chi connectivity index (χ2v) is 4.73. The van der Waals surface area contributed by atoms with Crippen molar-refractivity contribution in [2.24, 2.45) is 0 Å². The summed E-state index contributed by atoms with van der Waals surface area (Å²) in [5.74, 6) is 0.612. The van der Waals surface area contributed by atoms with Gasteiger partial charge in [0.15, 0.2) is 0 Å². The number of hydrogen-bond acceptors (Lipinski definition) is 1. The van der Waals surface area contributed by atoms with Gasteiger partial charge in [-0.2, -0.15) is 0 Å².